The van der Waals surface area contributed by atoms with Gasteiger partial charge in [0.2, 0.25) is 5.91 Å². The van der Waals surface area contributed by atoms with Crippen molar-refractivity contribution in [3.05, 3.63) is 35.9 Å². The smallest absolute Gasteiger partial charge is 0.234 e. The van der Waals surface area contributed by atoms with Gasteiger partial charge in [0.25, 0.3) is 0 Å². The molecule has 1 aromatic rings. The van der Waals surface area contributed by atoms with E-state index >= 15 is 0 Å². The molecule has 1 aromatic carbocycles. The predicted octanol–water partition coefficient (Wildman–Crippen LogP) is 2.48. The average Bonchev–Trinajstić information content (AvgIpc) is 3.47. The lowest BCUT2D eigenvalue weighted by molar-refractivity contribution is -0.123. The topological polar surface area (TPSA) is 41.6 Å². The Labute approximate surface area is 145 Å². The Morgan fingerprint density at radius 3 is 2.38 bits per heavy atom. The molecule has 0 unspecified atom stereocenters. The second-order valence-electron chi connectivity index (χ2n) is 7.48. The maximum atomic E-state index is 12.5. The Morgan fingerprint density at radius 2 is 1.83 bits per heavy atom. The van der Waals surface area contributed by atoms with Crippen LogP contribution in [0, 0.1) is 11.8 Å². The Bertz CT molecular complexity index is 514. The van der Waals surface area contributed by atoms with Crippen LogP contribution >= 0.6 is 0 Å². The number of amides is 1. The summed E-state index contributed by atoms with van der Waals surface area (Å²) < 4.78 is 5.38. The van der Waals surface area contributed by atoms with Gasteiger partial charge in [0.05, 0.1) is 13.2 Å². The number of carbonyl (C=O) groups is 1. The Morgan fingerprint density at radius 1 is 1.21 bits per heavy atom. The molecular formula is C20H30N2O2. The lowest BCUT2D eigenvalue weighted by Gasteiger charge is -2.28. The molecule has 2 saturated carbocycles. The van der Waals surface area contributed by atoms with Gasteiger partial charge in [-0.1, -0.05) is 30.3 Å². The van der Waals surface area contributed by atoms with Gasteiger partial charge in [-0.3, -0.25) is 9.69 Å². The molecule has 0 heterocycles. The number of carbonyl (C=O) groups excluding carboxylic acids is 1. The van der Waals surface area contributed by atoms with E-state index in [4.69, 9.17) is 4.74 Å². The summed E-state index contributed by atoms with van der Waals surface area (Å²) in [4.78, 5) is 14.6. The van der Waals surface area contributed by atoms with Crippen LogP contribution in [0.15, 0.2) is 30.3 Å². The van der Waals surface area contributed by atoms with E-state index in [0.29, 0.717) is 19.2 Å². The van der Waals surface area contributed by atoms with Crippen molar-refractivity contribution >= 4 is 5.91 Å². The maximum absolute atomic E-state index is 12.5. The summed E-state index contributed by atoms with van der Waals surface area (Å²) in [5.41, 5.74) is 1.28. The molecule has 0 saturated heterocycles. The Balaban J connectivity index is 1.52. The number of hydrogen-bond acceptors (Lipinski definition) is 3. The molecule has 24 heavy (non-hydrogen) atoms. The minimum Gasteiger partial charge on any atom is -0.383 e. The molecule has 0 bridgehead atoms. The van der Waals surface area contributed by atoms with Crippen molar-refractivity contribution in [2.24, 2.45) is 11.8 Å². The first-order chi connectivity index (χ1) is 11.7. The van der Waals surface area contributed by atoms with Crippen LogP contribution in [0.1, 0.15) is 31.2 Å². The van der Waals surface area contributed by atoms with Crippen molar-refractivity contribution in [3.8, 4) is 0 Å². The van der Waals surface area contributed by atoms with Gasteiger partial charge in [0, 0.05) is 19.2 Å². The number of ether oxygens (including phenoxy) is 1. The van der Waals surface area contributed by atoms with E-state index in [1.165, 1.54) is 31.2 Å². The van der Waals surface area contributed by atoms with Gasteiger partial charge in [0.1, 0.15) is 0 Å². The molecule has 0 radical (unpaired) electrons. The first-order valence-corrected chi connectivity index (χ1v) is 9.20. The minimum atomic E-state index is 0.162. The molecule has 1 N–H and O–H groups in total. The molecule has 0 spiro atoms. The Hall–Kier alpha value is -1.39. The van der Waals surface area contributed by atoms with Crippen molar-refractivity contribution < 1.29 is 9.53 Å². The van der Waals surface area contributed by atoms with Crippen LogP contribution in [0.25, 0.3) is 0 Å². The summed E-state index contributed by atoms with van der Waals surface area (Å²) in [6.45, 7) is 1.07. The number of rotatable bonds is 10. The molecule has 2 fully saturated rings. The standard InChI is InChI=1S/C20H30N2O2/c1-22(18(14-24-2)12-15-6-4-3-5-7-15)13-19(23)21-20(16-8-9-16)17-10-11-17/h3-7,16-18,20H,8-14H2,1-2H3,(H,21,23)/t18-/m0/s1. The summed E-state index contributed by atoms with van der Waals surface area (Å²) in [6, 6.07) is 11.1. The third kappa shape index (κ3) is 5.05. The molecule has 1 amide bonds. The van der Waals surface area contributed by atoms with Crippen LogP contribution in [-0.2, 0) is 16.0 Å². The summed E-state index contributed by atoms with van der Waals surface area (Å²) in [7, 11) is 3.75. The van der Waals surface area contributed by atoms with E-state index in [2.05, 4.69) is 34.5 Å². The number of nitrogens with one attached hydrogen (secondary N) is 1. The summed E-state index contributed by atoms with van der Waals surface area (Å²) in [6.07, 6.45) is 6.05. The number of hydrogen-bond donors (Lipinski definition) is 1. The van der Waals surface area contributed by atoms with Crippen LogP contribution in [0.4, 0.5) is 0 Å². The van der Waals surface area contributed by atoms with Gasteiger partial charge in [-0.25, -0.2) is 0 Å². The summed E-state index contributed by atoms with van der Waals surface area (Å²) in [5.74, 6) is 1.65. The van der Waals surface area contributed by atoms with Crippen molar-refractivity contribution in [1.82, 2.24) is 10.2 Å². The van der Waals surface area contributed by atoms with E-state index in [1.54, 1.807) is 7.11 Å². The first kappa shape index (κ1) is 17.4. The fourth-order valence-electron chi connectivity index (χ4n) is 3.54. The molecule has 0 aromatic heterocycles. The molecule has 0 aliphatic heterocycles. The summed E-state index contributed by atoms with van der Waals surface area (Å²) >= 11 is 0. The molecule has 3 rings (SSSR count). The van der Waals surface area contributed by atoms with E-state index in [0.717, 1.165) is 18.3 Å². The van der Waals surface area contributed by atoms with Gasteiger partial charge in [0.15, 0.2) is 0 Å². The molecule has 2 aliphatic carbocycles. The zero-order valence-electron chi connectivity index (χ0n) is 14.9. The quantitative estimate of drug-likeness (QED) is 0.717. The zero-order valence-corrected chi connectivity index (χ0v) is 14.9. The van der Waals surface area contributed by atoms with Gasteiger partial charge in [-0.05, 0) is 56.6 Å². The predicted molar refractivity (Wildman–Crippen MR) is 95.8 cm³/mol. The normalized spacial score (nSPS) is 18.8. The highest BCUT2D eigenvalue weighted by atomic mass is 16.5. The van der Waals surface area contributed by atoms with E-state index < -0.39 is 0 Å². The van der Waals surface area contributed by atoms with E-state index in [1.807, 2.05) is 13.1 Å². The van der Waals surface area contributed by atoms with Crippen molar-refractivity contribution in [3.63, 3.8) is 0 Å². The second kappa shape index (κ2) is 8.13. The summed E-state index contributed by atoms with van der Waals surface area (Å²) in [5, 5.41) is 3.31. The second-order valence-corrected chi connectivity index (χ2v) is 7.48. The lowest BCUT2D eigenvalue weighted by Crippen LogP contribution is -2.47. The number of nitrogens with zero attached hydrogens (tertiary/aromatic N) is 1. The highest BCUT2D eigenvalue weighted by Gasteiger charge is 2.42. The number of likely N-dealkylation sites (N-methyl/N-ethyl adjacent to an activating group) is 1. The number of benzene rings is 1. The molecule has 4 heteroatoms. The third-order valence-corrected chi connectivity index (χ3v) is 5.28. The monoisotopic (exact) mass is 330 g/mol. The fourth-order valence-corrected chi connectivity index (χ4v) is 3.54. The van der Waals surface area contributed by atoms with E-state index in [-0.39, 0.29) is 11.9 Å². The van der Waals surface area contributed by atoms with Gasteiger partial charge < -0.3 is 10.1 Å². The molecular weight excluding hydrogens is 300 g/mol. The first-order valence-electron chi connectivity index (χ1n) is 9.20. The SMILES string of the molecule is COC[C@H](Cc1ccccc1)N(C)CC(=O)NC(C1CC1)C1CC1. The van der Waals surface area contributed by atoms with Gasteiger partial charge >= 0.3 is 0 Å². The highest BCUT2D eigenvalue weighted by molar-refractivity contribution is 5.78. The van der Waals surface area contributed by atoms with E-state index in [9.17, 15) is 4.79 Å². The van der Waals surface area contributed by atoms with Crippen LogP contribution in [0.5, 0.6) is 0 Å². The molecule has 2 aliphatic rings. The largest absolute Gasteiger partial charge is 0.383 e. The fraction of sp³-hybridized carbons (Fsp3) is 0.650. The molecule has 1 atom stereocenters. The zero-order chi connectivity index (χ0) is 16.9. The maximum Gasteiger partial charge on any atom is 0.234 e. The van der Waals surface area contributed by atoms with Gasteiger partial charge in [-0.2, -0.15) is 0 Å². The van der Waals surface area contributed by atoms with Crippen LogP contribution in [0.3, 0.4) is 0 Å². The molecule has 132 valence electrons. The van der Waals surface area contributed by atoms with Crippen molar-refractivity contribution in [2.45, 2.75) is 44.2 Å². The van der Waals surface area contributed by atoms with Crippen LogP contribution in [-0.4, -0.2) is 50.2 Å². The molecule has 4 nitrogen and oxygen atoms in total. The average molecular weight is 330 g/mol. The van der Waals surface area contributed by atoms with Crippen LogP contribution in [0.2, 0.25) is 0 Å². The van der Waals surface area contributed by atoms with Gasteiger partial charge in [-0.15, -0.1) is 0 Å². The number of methoxy groups -OCH3 is 1. The van der Waals surface area contributed by atoms with Crippen LogP contribution < -0.4 is 5.32 Å². The van der Waals surface area contributed by atoms with Crippen molar-refractivity contribution in [1.29, 1.82) is 0 Å². The lowest BCUT2D eigenvalue weighted by atomic mass is 10.1. The Kier molecular flexibility index (Phi) is 5.90. The highest BCUT2D eigenvalue weighted by Crippen LogP contribution is 2.44. The third-order valence-electron chi connectivity index (χ3n) is 5.28. The minimum absolute atomic E-state index is 0.162. The van der Waals surface area contributed by atoms with Crippen molar-refractivity contribution in [2.75, 3.05) is 27.3 Å².